The molecule has 0 fully saturated rings. The van der Waals surface area contributed by atoms with Crippen LogP contribution in [-0.2, 0) is 0 Å². The Bertz CT molecular complexity index is 2850. The molecule has 2 atom stereocenters. The highest BCUT2D eigenvalue weighted by molar-refractivity contribution is 7.25. The average molecular weight is 673 g/mol. The highest BCUT2D eigenvalue weighted by atomic mass is 32.1. The molecule has 0 N–H and O–H groups in total. The number of nitrogens with zero attached hydrogens (tertiary/aromatic N) is 4. The summed E-state index contributed by atoms with van der Waals surface area (Å²) in [4.78, 5) is 15.6. The van der Waals surface area contributed by atoms with Gasteiger partial charge in [-0.1, -0.05) is 115 Å². The van der Waals surface area contributed by atoms with Crippen LogP contribution in [0, 0.1) is 0 Å². The third-order valence-electron chi connectivity index (χ3n) is 10.2. The molecule has 6 aromatic carbocycles. The fourth-order valence-electron chi connectivity index (χ4n) is 8.07. The van der Waals surface area contributed by atoms with E-state index in [0.29, 0.717) is 17.5 Å². The molecule has 1 aliphatic carbocycles. The second kappa shape index (κ2) is 11.1. The van der Waals surface area contributed by atoms with Crippen LogP contribution < -0.4 is 4.74 Å². The van der Waals surface area contributed by atoms with Crippen molar-refractivity contribution in [1.29, 1.82) is 0 Å². The Balaban J connectivity index is 1.11. The van der Waals surface area contributed by atoms with Gasteiger partial charge in [-0.2, -0.15) is 0 Å². The van der Waals surface area contributed by atoms with Crippen LogP contribution in [0.1, 0.15) is 28.8 Å². The Morgan fingerprint density at radius 2 is 1.22 bits per heavy atom. The zero-order valence-corrected chi connectivity index (χ0v) is 28.1. The molecule has 6 heteroatoms. The van der Waals surface area contributed by atoms with Gasteiger partial charge in [0.1, 0.15) is 11.9 Å². The Morgan fingerprint density at radius 1 is 0.549 bits per heavy atom. The van der Waals surface area contributed by atoms with Crippen LogP contribution in [0.25, 0.3) is 77.0 Å². The van der Waals surface area contributed by atoms with Crippen molar-refractivity contribution in [3.63, 3.8) is 0 Å². The molecule has 0 saturated carbocycles. The van der Waals surface area contributed by atoms with E-state index < -0.39 is 0 Å². The molecule has 240 valence electrons. The third-order valence-corrected chi connectivity index (χ3v) is 11.4. The minimum atomic E-state index is -0.183. The number of benzene rings is 6. The first-order chi connectivity index (χ1) is 25.3. The fourth-order valence-corrected chi connectivity index (χ4v) is 9.21. The molecular weight excluding hydrogens is 645 g/mol. The zero-order chi connectivity index (χ0) is 33.5. The topological polar surface area (TPSA) is 52.8 Å². The first-order valence-corrected chi connectivity index (χ1v) is 18.0. The van der Waals surface area contributed by atoms with Gasteiger partial charge in [-0.05, 0) is 42.5 Å². The lowest BCUT2D eigenvalue weighted by Crippen LogP contribution is -2.14. The quantitative estimate of drug-likeness (QED) is 0.187. The van der Waals surface area contributed by atoms with Crippen LogP contribution in [0.3, 0.4) is 0 Å². The summed E-state index contributed by atoms with van der Waals surface area (Å²) >= 11 is 1.80. The minimum Gasteiger partial charge on any atom is -0.484 e. The molecule has 2 aliphatic rings. The van der Waals surface area contributed by atoms with Gasteiger partial charge in [-0.3, -0.25) is 0 Å². The van der Waals surface area contributed by atoms with Gasteiger partial charge in [-0.25, -0.2) is 15.0 Å². The zero-order valence-electron chi connectivity index (χ0n) is 27.3. The van der Waals surface area contributed by atoms with Crippen molar-refractivity contribution in [2.45, 2.75) is 12.0 Å². The summed E-state index contributed by atoms with van der Waals surface area (Å²) in [6.45, 7) is 0. The normalized spacial score (nSPS) is 15.9. The molecule has 51 heavy (non-hydrogen) atoms. The number of aromatic nitrogens is 4. The maximum absolute atomic E-state index is 6.95. The summed E-state index contributed by atoms with van der Waals surface area (Å²) in [5.74, 6) is 2.80. The molecule has 0 spiro atoms. The van der Waals surface area contributed by atoms with Gasteiger partial charge >= 0.3 is 0 Å². The van der Waals surface area contributed by atoms with E-state index in [1.165, 1.54) is 36.6 Å². The first kappa shape index (κ1) is 28.5. The number of hydrogen-bond donors (Lipinski definition) is 0. The largest absolute Gasteiger partial charge is 0.484 e. The number of thiophene rings is 1. The Morgan fingerprint density at radius 3 is 2.08 bits per heavy atom. The smallest absolute Gasteiger partial charge is 0.164 e. The second-order valence-corrected chi connectivity index (χ2v) is 14.2. The molecule has 3 aromatic heterocycles. The highest BCUT2D eigenvalue weighted by Gasteiger charge is 2.42. The van der Waals surface area contributed by atoms with E-state index in [1.807, 2.05) is 18.2 Å². The van der Waals surface area contributed by atoms with E-state index in [1.54, 1.807) is 11.3 Å². The molecule has 0 bridgehead atoms. The number of para-hydroxylation sites is 2. The van der Waals surface area contributed by atoms with E-state index in [0.717, 1.165) is 39.4 Å². The Hall–Kier alpha value is -6.37. The lowest BCUT2D eigenvalue weighted by Gasteiger charge is -2.22. The summed E-state index contributed by atoms with van der Waals surface area (Å²) in [5, 5.41) is 3.59. The molecule has 2 unspecified atom stereocenters. The highest BCUT2D eigenvalue weighted by Crippen LogP contribution is 2.55. The van der Waals surface area contributed by atoms with Crippen LogP contribution in [0.4, 0.5) is 0 Å². The Kier molecular flexibility index (Phi) is 6.18. The first-order valence-electron chi connectivity index (χ1n) is 17.2. The maximum Gasteiger partial charge on any atom is 0.164 e. The third kappa shape index (κ3) is 4.30. The van der Waals surface area contributed by atoms with Crippen LogP contribution in [0.5, 0.6) is 5.75 Å². The summed E-state index contributed by atoms with van der Waals surface area (Å²) in [6, 6.07) is 50.7. The van der Waals surface area contributed by atoms with Gasteiger partial charge in [0.2, 0.25) is 0 Å². The molecule has 5 nitrogen and oxygen atoms in total. The van der Waals surface area contributed by atoms with Crippen molar-refractivity contribution in [3.8, 4) is 45.6 Å². The summed E-state index contributed by atoms with van der Waals surface area (Å²) in [6.07, 6.45) is 4.39. The van der Waals surface area contributed by atoms with Crippen molar-refractivity contribution >= 4 is 48.5 Å². The molecule has 0 amide bonds. The molecule has 4 heterocycles. The molecule has 0 radical (unpaired) electrons. The molecule has 1 aliphatic heterocycles. The monoisotopic (exact) mass is 672 g/mol. The molecule has 11 rings (SSSR count). The number of fused-ring (bicyclic) bond motifs is 10. The maximum atomic E-state index is 6.95. The standard InChI is InChI=1S/C45H28N4OS/c1-3-13-27(14-4-1)43-46-44(48-45(47-43)33-20-12-24-38-40(33)30-18-8-10-23-37(30)51-38)32-19-11-22-36-39(32)31-25-26-35-41(42(31)50-36)29-17-7-9-21-34(29)49(35)28-15-5-2-6-16-28/h1-26,31,42H. The number of ether oxygens (including phenoxy) is 1. The van der Waals surface area contributed by atoms with E-state index in [9.17, 15) is 0 Å². The van der Waals surface area contributed by atoms with Crippen LogP contribution in [0.2, 0.25) is 0 Å². The lowest BCUT2D eigenvalue weighted by atomic mass is 9.83. The van der Waals surface area contributed by atoms with Gasteiger partial charge in [0.05, 0.1) is 11.2 Å². The van der Waals surface area contributed by atoms with Gasteiger partial charge < -0.3 is 9.30 Å². The van der Waals surface area contributed by atoms with Gasteiger partial charge in [-0.15, -0.1) is 11.3 Å². The van der Waals surface area contributed by atoms with Crippen molar-refractivity contribution < 1.29 is 4.74 Å². The van der Waals surface area contributed by atoms with Crippen LogP contribution >= 0.6 is 11.3 Å². The fraction of sp³-hybridized carbons (Fsp3) is 0.0444. The summed E-state index contributed by atoms with van der Waals surface area (Å²) in [5.41, 5.74) is 8.69. The van der Waals surface area contributed by atoms with E-state index in [-0.39, 0.29) is 12.0 Å². The van der Waals surface area contributed by atoms with Gasteiger partial charge in [0.25, 0.3) is 0 Å². The van der Waals surface area contributed by atoms with Gasteiger partial charge in [0, 0.05) is 65.0 Å². The van der Waals surface area contributed by atoms with E-state index in [4.69, 9.17) is 19.7 Å². The number of hydrogen-bond acceptors (Lipinski definition) is 5. The van der Waals surface area contributed by atoms with Crippen molar-refractivity contribution in [3.05, 3.63) is 168 Å². The van der Waals surface area contributed by atoms with Crippen molar-refractivity contribution in [2.75, 3.05) is 0 Å². The average Bonchev–Trinajstić information content (AvgIpc) is 3.88. The van der Waals surface area contributed by atoms with E-state index >= 15 is 0 Å². The molecular formula is C45H28N4OS. The predicted molar refractivity (Wildman–Crippen MR) is 207 cm³/mol. The second-order valence-electron chi connectivity index (χ2n) is 13.1. The Labute approximate surface area is 297 Å². The minimum absolute atomic E-state index is 0.0108. The van der Waals surface area contributed by atoms with Crippen molar-refractivity contribution in [2.24, 2.45) is 0 Å². The number of rotatable bonds is 4. The summed E-state index contributed by atoms with van der Waals surface area (Å²) in [7, 11) is 0. The predicted octanol–water partition coefficient (Wildman–Crippen LogP) is 11.4. The van der Waals surface area contributed by atoms with E-state index in [2.05, 4.69) is 144 Å². The molecule has 9 aromatic rings. The van der Waals surface area contributed by atoms with Crippen LogP contribution in [-0.4, -0.2) is 19.5 Å². The summed E-state index contributed by atoms with van der Waals surface area (Å²) < 4.78 is 11.8. The molecule has 0 saturated heterocycles. The SMILES string of the molecule is C1=CC2c3c(cccc3-c3nc(-c4ccccc4)nc(-c4cccc5sc6ccccc6c45)n3)OC2c2c1n(-c1ccccc1)c1ccccc21. The van der Waals surface area contributed by atoms with Crippen LogP contribution in [0.15, 0.2) is 152 Å². The van der Waals surface area contributed by atoms with Gasteiger partial charge in [0.15, 0.2) is 17.5 Å². The van der Waals surface area contributed by atoms with Crippen molar-refractivity contribution in [1.82, 2.24) is 19.5 Å². The lowest BCUT2D eigenvalue weighted by molar-refractivity contribution is 0.224.